The molecule has 0 fully saturated rings. The fourth-order valence-electron chi connectivity index (χ4n) is 3.38. The maximum Gasteiger partial charge on any atom is 0.287 e. The lowest BCUT2D eigenvalue weighted by Gasteiger charge is -2.19. The topological polar surface area (TPSA) is 79.6 Å². The van der Waals surface area contributed by atoms with Gasteiger partial charge < -0.3 is 9.73 Å². The number of rotatable bonds is 7. The summed E-state index contributed by atoms with van der Waals surface area (Å²) in [4.78, 5) is 13.0. The molecule has 1 aromatic heterocycles. The number of hydrogen-bond acceptors (Lipinski definition) is 4. The Morgan fingerprint density at radius 2 is 1.69 bits per heavy atom. The van der Waals surface area contributed by atoms with Gasteiger partial charge in [-0.15, -0.1) is 0 Å². The first-order valence-corrected chi connectivity index (χ1v) is 11.1. The average Bonchev–Trinajstić information content (AvgIpc) is 3.06. The standard InChI is InChI=1S/C22H26N2O4S/c1-5-24(6-2)29(26,27)18-13-11-17(12-14-18)16(4)23-22(25)21-15(3)19-9-7-8-10-20(19)28-21/h7-14,16H,5-6H2,1-4H3,(H,23,25). The van der Waals surface area contributed by atoms with Crippen LogP contribution >= 0.6 is 0 Å². The normalized spacial score (nSPS) is 13.0. The van der Waals surface area contributed by atoms with Crippen molar-refractivity contribution in [3.8, 4) is 0 Å². The zero-order chi connectivity index (χ0) is 21.2. The number of nitrogens with one attached hydrogen (secondary N) is 1. The number of sulfonamides is 1. The van der Waals surface area contributed by atoms with Crippen LogP contribution < -0.4 is 5.32 Å². The quantitative estimate of drug-likeness (QED) is 0.626. The van der Waals surface area contributed by atoms with E-state index >= 15 is 0 Å². The van der Waals surface area contributed by atoms with Crippen LogP contribution in [-0.2, 0) is 10.0 Å². The second kappa shape index (κ2) is 8.39. The van der Waals surface area contributed by atoms with Crippen molar-refractivity contribution in [1.82, 2.24) is 9.62 Å². The molecule has 0 aliphatic heterocycles. The molecule has 154 valence electrons. The highest BCUT2D eigenvalue weighted by atomic mass is 32.2. The van der Waals surface area contributed by atoms with Gasteiger partial charge in [0.25, 0.3) is 5.91 Å². The molecule has 0 saturated carbocycles. The first-order chi connectivity index (χ1) is 13.8. The molecule has 1 amide bonds. The van der Waals surface area contributed by atoms with E-state index in [1.54, 1.807) is 24.3 Å². The zero-order valence-electron chi connectivity index (χ0n) is 17.1. The predicted octanol–water partition coefficient (Wildman–Crippen LogP) is 4.26. The van der Waals surface area contributed by atoms with E-state index in [1.165, 1.54) is 4.31 Å². The predicted molar refractivity (Wildman–Crippen MR) is 113 cm³/mol. The van der Waals surface area contributed by atoms with Crippen LogP contribution in [0.25, 0.3) is 11.0 Å². The molecule has 1 N–H and O–H groups in total. The van der Waals surface area contributed by atoms with Crippen LogP contribution in [0.1, 0.15) is 48.5 Å². The molecule has 29 heavy (non-hydrogen) atoms. The summed E-state index contributed by atoms with van der Waals surface area (Å²) in [5.74, 6) is -0.00943. The third kappa shape index (κ3) is 4.06. The van der Waals surface area contributed by atoms with Crippen LogP contribution in [0.5, 0.6) is 0 Å². The van der Waals surface area contributed by atoms with Gasteiger partial charge in [0, 0.05) is 24.0 Å². The number of carbonyl (C=O) groups excluding carboxylic acids is 1. The van der Waals surface area contributed by atoms with Crippen LogP contribution in [0.2, 0.25) is 0 Å². The van der Waals surface area contributed by atoms with Gasteiger partial charge in [0.2, 0.25) is 10.0 Å². The second-order valence-corrected chi connectivity index (χ2v) is 8.84. The first kappa shape index (κ1) is 21.1. The van der Waals surface area contributed by atoms with Crippen molar-refractivity contribution >= 4 is 26.9 Å². The van der Waals surface area contributed by atoms with E-state index in [9.17, 15) is 13.2 Å². The molecule has 0 spiro atoms. The number of aryl methyl sites for hydroxylation is 1. The van der Waals surface area contributed by atoms with Gasteiger partial charge in [0.1, 0.15) is 5.58 Å². The first-order valence-electron chi connectivity index (χ1n) is 9.68. The average molecular weight is 415 g/mol. The van der Waals surface area contributed by atoms with Gasteiger partial charge in [-0.3, -0.25) is 4.79 Å². The number of fused-ring (bicyclic) bond motifs is 1. The number of para-hydroxylation sites is 1. The summed E-state index contributed by atoms with van der Waals surface area (Å²) in [6.45, 7) is 8.18. The van der Waals surface area contributed by atoms with E-state index in [2.05, 4.69) is 5.32 Å². The van der Waals surface area contributed by atoms with E-state index in [0.29, 0.717) is 24.4 Å². The molecule has 1 atom stereocenters. The Morgan fingerprint density at radius 3 is 2.28 bits per heavy atom. The number of benzene rings is 2. The summed E-state index contributed by atoms with van der Waals surface area (Å²) in [5, 5.41) is 3.84. The van der Waals surface area contributed by atoms with Crippen LogP contribution in [-0.4, -0.2) is 31.7 Å². The molecule has 1 unspecified atom stereocenters. The minimum Gasteiger partial charge on any atom is -0.451 e. The Balaban J connectivity index is 1.77. The Labute approximate surface area is 171 Å². The number of furan rings is 1. The van der Waals surface area contributed by atoms with E-state index in [1.807, 2.05) is 52.0 Å². The van der Waals surface area contributed by atoms with Crippen molar-refractivity contribution in [1.29, 1.82) is 0 Å². The fraction of sp³-hybridized carbons (Fsp3) is 0.318. The van der Waals surface area contributed by atoms with Crippen molar-refractivity contribution in [2.75, 3.05) is 13.1 Å². The van der Waals surface area contributed by atoms with Gasteiger partial charge in [-0.05, 0) is 37.6 Å². The molecule has 0 saturated heterocycles. The van der Waals surface area contributed by atoms with Crippen LogP contribution in [0.15, 0.2) is 57.8 Å². The lowest BCUT2D eigenvalue weighted by Crippen LogP contribution is -2.30. The highest BCUT2D eigenvalue weighted by Gasteiger charge is 2.23. The van der Waals surface area contributed by atoms with E-state index < -0.39 is 10.0 Å². The monoisotopic (exact) mass is 414 g/mol. The third-order valence-corrected chi connectivity index (χ3v) is 7.18. The zero-order valence-corrected chi connectivity index (χ0v) is 17.9. The highest BCUT2D eigenvalue weighted by Crippen LogP contribution is 2.26. The Kier molecular flexibility index (Phi) is 6.10. The lowest BCUT2D eigenvalue weighted by atomic mass is 10.1. The molecule has 7 heteroatoms. The molecule has 3 rings (SSSR count). The van der Waals surface area contributed by atoms with Crippen LogP contribution in [0.4, 0.5) is 0 Å². The Hall–Kier alpha value is -2.64. The summed E-state index contributed by atoms with van der Waals surface area (Å²) >= 11 is 0. The molecular formula is C22H26N2O4S. The van der Waals surface area contributed by atoms with Gasteiger partial charge >= 0.3 is 0 Å². The largest absolute Gasteiger partial charge is 0.451 e. The fourth-order valence-corrected chi connectivity index (χ4v) is 4.84. The Morgan fingerprint density at radius 1 is 1.07 bits per heavy atom. The van der Waals surface area contributed by atoms with Gasteiger partial charge in [-0.1, -0.05) is 44.2 Å². The molecule has 0 radical (unpaired) electrons. The van der Waals surface area contributed by atoms with Crippen LogP contribution in [0, 0.1) is 6.92 Å². The van der Waals surface area contributed by atoms with E-state index in [-0.39, 0.29) is 16.8 Å². The molecule has 2 aromatic carbocycles. The second-order valence-electron chi connectivity index (χ2n) is 6.91. The molecule has 0 bridgehead atoms. The smallest absolute Gasteiger partial charge is 0.287 e. The number of hydrogen-bond donors (Lipinski definition) is 1. The summed E-state index contributed by atoms with van der Waals surface area (Å²) in [6.07, 6.45) is 0. The molecule has 0 aliphatic rings. The molecule has 1 heterocycles. The van der Waals surface area contributed by atoms with Gasteiger partial charge in [0.05, 0.1) is 10.9 Å². The summed E-state index contributed by atoms with van der Waals surface area (Å²) in [6, 6.07) is 13.8. The van der Waals surface area contributed by atoms with Gasteiger partial charge in [-0.2, -0.15) is 4.31 Å². The summed E-state index contributed by atoms with van der Waals surface area (Å²) in [7, 11) is -3.50. The van der Waals surface area contributed by atoms with Crippen molar-refractivity contribution in [2.45, 2.75) is 38.6 Å². The molecular weight excluding hydrogens is 388 g/mol. The molecule has 6 nitrogen and oxygen atoms in total. The summed E-state index contributed by atoms with van der Waals surface area (Å²) < 4.78 is 32.3. The minimum atomic E-state index is -3.50. The van der Waals surface area contributed by atoms with Gasteiger partial charge in [0.15, 0.2) is 5.76 Å². The summed E-state index contributed by atoms with van der Waals surface area (Å²) in [5.41, 5.74) is 2.28. The van der Waals surface area contributed by atoms with E-state index in [4.69, 9.17) is 4.42 Å². The van der Waals surface area contributed by atoms with Crippen molar-refractivity contribution in [3.05, 3.63) is 65.4 Å². The third-order valence-electron chi connectivity index (χ3n) is 5.12. The maximum absolute atomic E-state index is 12.7. The lowest BCUT2D eigenvalue weighted by molar-refractivity contribution is 0.0913. The SMILES string of the molecule is CCN(CC)S(=O)(=O)c1ccc(C(C)NC(=O)c2oc3ccccc3c2C)cc1. The van der Waals surface area contributed by atoms with Crippen molar-refractivity contribution in [3.63, 3.8) is 0 Å². The number of carbonyl (C=O) groups is 1. The number of nitrogens with zero attached hydrogens (tertiary/aromatic N) is 1. The molecule has 3 aromatic rings. The number of amides is 1. The Bertz CT molecular complexity index is 1110. The highest BCUT2D eigenvalue weighted by molar-refractivity contribution is 7.89. The minimum absolute atomic E-state index is 0.247. The van der Waals surface area contributed by atoms with Crippen LogP contribution in [0.3, 0.4) is 0 Å². The van der Waals surface area contributed by atoms with Crippen molar-refractivity contribution < 1.29 is 17.6 Å². The van der Waals surface area contributed by atoms with Crippen molar-refractivity contribution in [2.24, 2.45) is 0 Å². The maximum atomic E-state index is 12.7. The molecule has 0 aliphatic carbocycles. The van der Waals surface area contributed by atoms with Gasteiger partial charge in [-0.25, -0.2) is 8.42 Å². The van der Waals surface area contributed by atoms with E-state index in [0.717, 1.165) is 16.5 Å².